The molecule has 2 rings (SSSR count). The van der Waals surface area contributed by atoms with Crippen LogP contribution in [0.2, 0.25) is 0 Å². The lowest BCUT2D eigenvalue weighted by molar-refractivity contribution is -0.121. The first-order valence-corrected chi connectivity index (χ1v) is 9.06. The normalized spacial score (nSPS) is 21.6. The molecule has 130 valence electrons. The molecule has 1 N–H and O–H groups in total. The van der Waals surface area contributed by atoms with Crippen LogP contribution in [-0.4, -0.2) is 41.2 Å². The molecular weight excluding hydrogens is 288 g/mol. The predicted molar refractivity (Wildman–Crippen MR) is 94.4 cm³/mol. The molecule has 1 aliphatic carbocycles. The molecule has 5 heteroatoms. The number of rotatable bonds is 8. The molecule has 1 amide bonds. The summed E-state index contributed by atoms with van der Waals surface area (Å²) in [6.07, 6.45) is 12.1. The lowest BCUT2D eigenvalue weighted by atomic mass is 9.79. The van der Waals surface area contributed by atoms with Crippen LogP contribution in [0.15, 0.2) is 12.4 Å². The van der Waals surface area contributed by atoms with Gasteiger partial charge in [-0.25, -0.2) is 0 Å². The second kappa shape index (κ2) is 9.06. The van der Waals surface area contributed by atoms with Gasteiger partial charge in [-0.2, -0.15) is 5.10 Å². The summed E-state index contributed by atoms with van der Waals surface area (Å²) in [5.74, 6) is 1.19. The van der Waals surface area contributed by atoms with Crippen molar-refractivity contribution in [2.24, 2.45) is 11.8 Å². The van der Waals surface area contributed by atoms with E-state index in [1.807, 2.05) is 25.0 Å². The van der Waals surface area contributed by atoms with Crippen LogP contribution >= 0.6 is 0 Å². The van der Waals surface area contributed by atoms with Gasteiger partial charge in [0.15, 0.2) is 0 Å². The Bertz CT molecular complexity index is 475. The van der Waals surface area contributed by atoms with Gasteiger partial charge in [-0.3, -0.25) is 9.48 Å². The molecule has 0 bridgehead atoms. The van der Waals surface area contributed by atoms with Crippen LogP contribution in [0.1, 0.15) is 51.9 Å². The number of carbonyl (C=O) groups excluding carboxylic acids is 1. The zero-order chi connectivity index (χ0) is 16.7. The summed E-state index contributed by atoms with van der Waals surface area (Å²) in [6, 6.07) is 0. The molecule has 1 aromatic rings. The number of nitrogens with one attached hydrogen (secondary N) is 1. The fraction of sp³-hybridized carbons (Fsp3) is 0.778. The molecule has 5 nitrogen and oxygen atoms in total. The first-order chi connectivity index (χ1) is 11.1. The minimum atomic E-state index is 0.172. The fourth-order valence-corrected chi connectivity index (χ4v) is 3.30. The number of hydrogen-bond acceptors (Lipinski definition) is 3. The van der Waals surface area contributed by atoms with E-state index in [0.717, 1.165) is 37.5 Å². The molecule has 0 aromatic carbocycles. The Morgan fingerprint density at radius 1 is 1.35 bits per heavy atom. The predicted octanol–water partition coefficient (Wildman–Crippen LogP) is 3.38. The van der Waals surface area contributed by atoms with Crippen molar-refractivity contribution < 1.29 is 4.79 Å². The van der Waals surface area contributed by atoms with Crippen molar-refractivity contribution in [2.75, 3.05) is 26.0 Å². The van der Waals surface area contributed by atoms with Crippen LogP contribution in [0, 0.1) is 11.8 Å². The second-order valence-electron chi connectivity index (χ2n) is 7.14. The first kappa shape index (κ1) is 18.0. The molecule has 1 aromatic heterocycles. The SMILES string of the molecule is CCCCC1CCC(C(=O)Nc2cnn(CCN(C)C)c2)CC1. The topological polar surface area (TPSA) is 50.2 Å². The van der Waals surface area contributed by atoms with Crippen molar-refractivity contribution in [3.8, 4) is 0 Å². The summed E-state index contributed by atoms with van der Waals surface area (Å²) >= 11 is 0. The molecule has 0 radical (unpaired) electrons. The molecule has 1 fully saturated rings. The molecule has 0 saturated heterocycles. The average molecular weight is 320 g/mol. The molecule has 0 spiro atoms. The van der Waals surface area contributed by atoms with Crippen LogP contribution in [0.5, 0.6) is 0 Å². The van der Waals surface area contributed by atoms with Gasteiger partial charge in [0.05, 0.1) is 18.4 Å². The van der Waals surface area contributed by atoms with Gasteiger partial charge in [0.2, 0.25) is 5.91 Å². The smallest absolute Gasteiger partial charge is 0.227 e. The fourth-order valence-electron chi connectivity index (χ4n) is 3.30. The highest BCUT2D eigenvalue weighted by atomic mass is 16.1. The summed E-state index contributed by atoms with van der Waals surface area (Å²) in [7, 11) is 4.09. The number of aromatic nitrogens is 2. The molecule has 1 heterocycles. The standard InChI is InChI=1S/C18H32N4O/c1-4-5-6-15-7-9-16(10-8-15)18(23)20-17-13-19-22(14-17)12-11-21(2)3/h13-16H,4-12H2,1-3H3,(H,20,23). The number of unbranched alkanes of at least 4 members (excludes halogenated alkanes) is 1. The van der Waals surface area contributed by atoms with Crippen LogP contribution < -0.4 is 5.32 Å². The highest BCUT2D eigenvalue weighted by molar-refractivity contribution is 5.92. The van der Waals surface area contributed by atoms with Gasteiger partial charge in [-0.15, -0.1) is 0 Å². The van der Waals surface area contributed by atoms with Gasteiger partial charge < -0.3 is 10.2 Å². The molecule has 1 saturated carbocycles. The van der Waals surface area contributed by atoms with E-state index in [-0.39, 0.29) is 11.8 Å². The van der Waals surface area contributed by atoms with E-state index in [2.05, 4.69) is 22.2 Å². The van der Waals surface area contributed by atoms with Crippen molar-refractivity contribution in [2.45, 2.75) is 58.4 Å². The van der Waals surface area contributed by atoms with E-state index >= 15 is 0 Å². The Labute approximate surface area is 140 Å². The molecule has 0 atom stereocenters. The van der Waals surface area contributed by atoms with Crippen molar-refractivity contribution in [3.63, 3.8) is 0 Å². The lowest BCUT2D eigenvalue weighted by Gasteiger charge is -2.27. The monoisotopic (exact) mass is 320 g/mol. The van der Waals surface area contributed by atoms with Gasteiger partial charge in [0.25, 0.3) is 0 Å². The maximum absolute atomic E-state index is 12.4. The largest absolute Gasteiger partial charge is 0.323 e. The van der Waals surface area contributed by atoms with E-state index in [1.165, 1.54) is 32.1 Å². The van der Waals surface area contributed by atoms with Crippen molar-refractivity contribution in [1.29, 1.82) is 0 Å². The molecule has 0 aliphatic heterocycles. The van der Waals surface area contributed by atoms with Crippen LogP contribution in [-0.2, 0) is 11.3 Å². The van der Waals surface area contributed by atoms with Gasteiger partial charge in [0.1, 0.15) is 0 Å². The summed E-state index contributed by atoms with van der Waals surface area (Å²) in [5, 5.41) is 7.35. The van der Waals surface area contributed by atoms with Crippen molar-refractivity contribution in [3.05, 3.63) is 12.4 Å². The van der Waals surface area contributed by atoms with Crippen LogP contribution in [0.3, 0.4) is 0 Å². The van der Waals surface area contributed by atoms with Crippen molar-refractivity contribution >= 4 is 11.6 Å². The van der Waals surface area contributed by atoms with Gasteiger partial charge in [-0.05, 0) is 45.7 Å². The number of carbonyl (C=O) groups is 1. The van der Waals surface area contributed by atoms with E-state index in [9.17, 15) is 4.79 Å². The van der Waals surface area contributed by atoms with E-state index in [0.29, 0.717) is 0 Å². The summed E-state index contributed by atoms with van der Waals surface area (Å²) in [6.45, 7) is 4.03. The number of hydrogen-bond donors (Lipinski definition) is 1. The zero-order valence-corrected chi connectivity index (χ0v) is 14.9. The number of nitrogens with zero attached hydrogens (tertiary/aromatic N) is 3. The van der Waals surface area contributed by atoms with Gasteiger partial charge in [0, 0.05) is 18.7 Å². The first-order valence-electron chi connectivity index (χ1n) is 9.06. The second-order valence-corrected chi connectivity index (χ2v) is 7.14. The maximum atomic E-state index is 12.4. The number of amides is 1. The Morgan fingerprint density at radius 2 is 2.09 bits per heavy atom. The van der Waals surface area contributed by atoms with E-state index < -0.39 is 0 Å². The molecule has 23 heavy (non-hydrogen) atoms. The molecule has 0 unspecified atom stereocenters. The third kappa shape index (κ3) is 5.98. The molecule has 1 aliphatic rings. The summed E-state index contributed by atoms with van der Waals surface area (Å²) in [4.78, 5) is 14.5. The van der Waals surface area contributed by atoms with Gasteiger partial charge >= 0.3 is 0 Å². The minimum absolute atomic E-state index is 0.172. The average Bonchev–Trinajstić information content (AvgIpc) is 2.99. The highest BCUT2D eigenvalue weighted by Crippen LogP contribution is 2.32. The summed E-state index contributed by atoms with van der Waals surface area (Å²) in [5.41, 5.74) is 0.821. The quantitative estimate of drug-likeness (QED) is 0.799. The Kier molecular flexibility index (Phi) is 7.09. The summed E-state index contributed by atoms with van der Waals surface area (Å²) < 4.78 is 1.89. The third-order valence-corrected chi connectivity index (χ3v) is 4.86. The number of likely N-dealkylation sites (N-methyl/N-ethyl adjacent to an activating group) is 1. The lowest BCUT2D eigenvalue weighted by Crippen LogP contribution is -2.27. The Balaban J connectivity index is 1.74. The van der Waals surface area contributed by atoms with Gasteiger partial charge in [-0.1, -0.05) is 26.2 Å². The van der Waals surface area contributed by atoms with E-state index in [4.69, 9.17) is 0 Å². The minimum Gasteiger partial charge on any atom is -0.323 e. The Hall–Kier alpha value is -1.36. The van der Waals surface area contributed by atoms with Crippen molar-refractivity contribution in [1.82, 2.24) is 14.7 Å². The maximum Gasteiger partial charge on any atom is 0.227 e. The van der Waals surface area contributed by atoms with E-state index in [1.54, 1.807) is 6.20 Å². The highest BCUT2D eigenvalue weighted by Gasteiger charge is 2.26. The third-order valence-electron chi connectivity index (χ3n) is 4.86. The molecular formula is C18H32N4O. The van der Waals surface area contributed by atoms with Crippen LogP contribution in [0.25, 0.3) is 0 Å². The van der Waals surface area contributed by atoms with Crippen LogP contribution in [0.4, 0.5) is 5.69 Å². The zero-order valence-electron chi connectivity index (χ0n) is 14.9. The Morgan fingerprint density at radius 3 is 2.74 bits per heavy atom. The number of anilines is 1.